The van der Waals surface area contributed by atoms with E-state index in [1.807, 2.05) is 26.8 Å². The van der Waals surface area contributed by atoms with Crippen molar-refractivity contribution in [3.8, 4) is 5.88 Å². The van der Waals surface area contributed by atoms with Crippen LogP contribution in [0.2, 0.25) is 0 Å². The lowest BCUT2D eigenvalue weighted by molar-refractivity contribution is 0.232. The summed E-state index contributed by atoms with van der Waals surface area (Å²) in [4.78, 5) is 8.81. The Labute approximate surface area is 124 Å². The molecule has 20 heavy (non-hydrogen) atoms. The van der Waals surface area contributed by atoms with E-state index in [0.717, 1.165) is 12.1 Å². The normalized spacial score (nSPS) is 12.4. The SMILES string of the molecule is Cc1cc(OC(C)C)nc(NC(C)Cc2ccsc2)n1. The number of nitrogens with zero attached hydrogens (tertiary/aromatic N) is 2. The average Bonchev–Trinajstić information content (AvgIpc) is 2.79. The van der Waals surface area contributed by atoms with Crippen molar-refractivity contribution in [1.29, 1.82) is 0 Å². The van der Waals surface area contributed by atoms with Crippen LogP contribution in [-0.4, -0.2) is 22.1 Å². The summed E-state index contributed by atoms with van der Waals surface area (Å²) in [6.07, 6.45) is 1.07. The second-order valence-corrected chi connectivity index (χ2v) is 6.00. The van der Waals surface area contributed by atoms with Crippen molar-refractivity contribution in [3.05, 3.63) is 34.2 Å². The molecule has 0 saturated carbocycles. The highest BCUT2D eigenvalue weighted by Gasteiger charge is 2.09. The molecule has 0 amide bonds. The number of nitrogens with one attached hydrogen (secondary N) is 1. The molecule has 0 aromatic carbocycles. The van der Waals surface area contributed by atoms with Crippen LogP contribution < -0.4 is 10.1 Å². The topological polar surface area (TPSA) is 47.0 Å². The molecule has 1 atom stereocenters. The van der Waals surface area contributed by atoms with Crippen molar-refractivity contribution in [2.45, 2.75) is 46.3 Å². The monoisotopic (exact) mass is 291 g/mol. The number of aromatic nitrogens is 2. The molecule has 0 aliphatic carbocycles. The fraction of sp³-hybridized carbons (Fsp3) is 0.467. The Morgan fingerprint density at radius 3 is 2.75 bits per heavy atom. The fourth-order valence-corrected chi connectivity index (χ4v) is 2.62. The number of rotatable bonds is 6. The van der Waals surface area contributed by atoms with Gasteiger partial charge in [0.25, 0.3) is 0 Å². The van der Waals surface area contributed by atoms with Crippen molar-refractivity contribution in [2.75, 3.05) is 5.32 Å². The number of anilines is 1. The third-order valence-electron chi connectivity index (χ3n) is 2.68. The third-order valence-corrected chi connectivity index (χ3v) is 3.42. The summed E-state index contributed by atoms with van der Waals surface area (Å²) < 4.78 is 5.63. The zero-order valence-electron chi connectivity index (χ0n) is 12.4. The van der Waals surface area contributed by atoms with Gasteiger partial charge in [-0.3, -0.25) is 0 Å². The molecule has 0 aliphatic rings. The molecular weight excluding hydrogens is 270 g/mol. The van der Waals surface area contributed by atoms with Gasteiger partial charge < -0.3 is 10.1 Å². The van der Waals surface area contributed by atoms with Crippen LogP contribution in [-0.2, 0) is 6.42 Å². The molecule has 2 rings (SSSR count). The molecule has 2 aromatic heterocycles. The zero-order chi connectivity index (χ0) is 14.5. The van der Waals surface area contributed by atoms with E-state index < -0.39 is 0 Å². The highest BCUT2D eigenvalue weighted by Crippen LogP contribution is 2.15. The zero-order valence-corrected chi connectivity index (χ0v) is 13.2. The lowest BCUT2D eigenvalue weighted by Gasteiger charge is -2.15. The van der Waals surface area contributed by atoms with E-state index in [9.17, 15) is 0 Å². The first-order valence-corrected chi connectivity index (χ1v) is 7.77. The van der Waals surface area contributed by atoms with Crippen molar-refractivity contribution in [3.63, 3.8) is 0 Å². The summed E-state index contributed by atoms with van der Waals surface area (Å²) in [5, 5.41) is 7.60. The van der Waals surface area contributed by atoms with E-state index in [2.05, 4.69) is 39.0 Å². The van der Waals surface area contributed by atoms with Gasteiger partial charge in [-0.05, 0) is 56.5 Å². The summed E-state index contributed by atoms with van der Waals surface area (Å²) in [5.41, 5.74) is 2.24. The van der Waals surface area contributed by atoms with Gasteiger partial charge in [0.05, 0.1) is 6.10 Å². The Morgan fingerprint density at radius 2 is 2.10 bits per heavy atom. The largest absolute Gasteiger partial charge is 0.475 e. The highest BCUT2D eigenvalue weighted by molar-refractivity contribution is 7.07. The number of thiophene rings is 1. The van der Waals surface area contributed by atoms with Crippen molar-refractivity contribution >= 4 is 17.3 Å². The molecule has 4 nitrogen and oxygen atoms in total. The van der Waals surface area contributed by atoms with Crippen LogP contribution in [0, 0.1) is 6.92 Å². The Hall–Kier alpha value is -1.62. The lowest BCUT2D eigenvalue weighted by atomic mass is 10.1. The summed E-state index contributed by atoms with van der Waals surface area (Å²) in [6, 6.07) is 4.28. The first kappa shape index (κ1) is 14.8. The number of aryl methyl sites for hydroxylation is 1. The van der Waals surface area contributed by atoms with Crippen LogP contribution in [0.4, 0.5) is 5.95 Å². The molecule has 2 heterocycles. The van der Waals surface area contributed by atoms with Crippen LogP contribution in [0.5, 0.6) is 5.88 Å². The van der Waals surface area contributed by atoms with Gasteiger partial charge in [0, 0.05) is 17.8 Å². The standard InChI is InChI=1S/C15H21N3OS/c1-10(2)19-14-8-12(4)17-15(18-14)16-11(3)7-13-5-6-20-9-13/h5-6,8-11H,7H2,1-4H3,(H,16,17,18). The van der Waals surface area contributed by atoms with E-state index in [1.165, 1.54) is 5.56 Å². The minimum Gasteiger partial charge on any atom is -0.475 e. The smallest absolute Gasteiger partial charge is 0.226 e. The van der Waals surface area contributed by atoms with E-state index in [-0.39, 0.29) is 12.1 Å². The molecule has 0 spiro atoms. The summed E-state index contributed by atoms with van der Waals surface area (Å²) in [7, 11) is 0. The second-order valence-electron chi connectivity index (χ2n) is 5.22. The molecule has 1 unspecified atom stereocenters. The molecule has 0 aliphatic heterocycles. The predicted molar refractivity (Wildman–Crippen MR) is 83.6 cm³/mol. The van der Waals surface area contributed by atoms with Gasteiger partial charge in [-0.25, -0.2) is 4.98 Å². The second kappa shape index (κ2) is 6.70. The molecule has 108 valence electrons. The molecule has 1 N–H and O–H groups in total. The molecule has 0 fully saturated rings. The van der Waals surface area contributed by atoms with Gasteiger partial charge in [-0.2, -0.15) is 16.3 Å². The van der Waals surface area contributed by atoms with Crippen LogP contribution in [0.15, 0.2) is 22.9 Å². The van der Waals surface area contributed by atoms with Gasteiger partial charge in [0.2, 0.25) is 11.8 Å². The molecule has 5 heteroatoms. The molecular formula is C15H21N3OS. The average molecular weight is 291 g/mol. The maximum atomic E-state index is 5.63. The van der Waals surface area contributed by atoms with Gasteiger partial charge >= 0.3 is 0 Å². The van der Waals surface area contributed by atoms with Crippen molar-refractivity contribution in [1.82, 2.24) is 9.97 Å². The first-order valence-electron chi connectivity index (χ1n) is 6.83. The van der Waals surface area contributed by atoms with Crippen molar-refractivity contribution in [2.24, 2.45) is 0 Å². The van der Waals surface area contributed by atoms with Crippen LogP contribution in [0.25, 0.3) is 0 Å². The summed E-state index contributed by atoms with van der Waals surface area (Å²) >= 11 is 1.72. The summed E-state index contributed by atoms with van der Waals surface area (Å²) in [5.74, 6) is 1.25. The third kappa shape index (κ3) is 4.49. The van der Waals surface area contributed by atoms with E-state index >= 15 is 0 Å². The molecule has 0 bridgehead atoms. The number of hydrogen-bond acceptors (Lipinski definition) is 5. The van der Waals surface area contributed by atoms with Crippen molar-refractivity contribution < 1.29 is 4.74 Å². The fourth-order valence-electron chi connectivity index (χ4n) is 1.94. The van der Waals surface area contributed by atoms with Crippen LogP contribution in [0.1, 0.15) is 32.0 Å². The van der Waals surface area contributed by atoms with Gasteiger partial charge in [0.1, 0.15) is 0 Å². The minimum atomic E-state index is 0.111. The minimum absolute atomic E-state index is 0.111. The number of hydrogen-bond donors (Lipinski definition) is 1. The van der Waals surface area contributed by atoms with Gasteiger partial charge in [-0.1, -0.05) is 0 Å². The Balaban J connectivity index is 2.02. The molecule has 0 radical (unpaired) electrons. The highest BCUT2D eigenvalue weighted by atomic mass is 32.1. The Morgan fingerprint density at radius 1 is 1.30 bits per heavy atom. The van der Waals surface area contributed by atoms with E-state index in [1.54, 1.807) is 11.3 Å². The Kier molecular flexibility index (Phi) is 4.95. The lowest BCUT2D eigenvalue weighted by Crippen LogP contribution is -2.20. The predicted octanol–water partition coefficient (Wildman–Crippen LogP) is 3.68. The van der Waals surface area contributed by atoms with Gasteiger partial charge in [0.15, 0.2) is 0 Å². The maximum Gasteiger partial charge on any atom is 0.226 e. The summed E-state index contributed by atoms with van der Waals surface area (Å²) in [6.45, 7) is 8.06. The Bertz CT molecular complexity index is 540. The number of ether oxygens (including phenoxy) is 1. The first-order chi connectivity index (χ1) is 9.52. The quantitative estimate of drug-likeness (QED) is 0.882. The van der Waals surface area contributed by atoms with E-state index in [0.29, 0.717) is 11.8 Å². The maximum absolute atomic E-state index is 5.63. The molecule has 2 aromatic rings. The molecule has 0 saturated heterocycles. The van der Waals surface area contributed by atoms with Crippen LogP contribution in [0.3, 0.4) is 0 Å². The van der Waals surface area contributed by atoms with E-state index in [4.69, 9.17) is 4.74 Å². The van der Waals surface area contributed by atoms with Gasteiger partial charge in [-0.15, -0.1) is 0 Å². The van der Waals surface area contributed by atoms with Crippen LogP contribution >= 0.6 is 11.3 Å².